The van der Waals surface area contributed by atoms with Gasteiger partial charge in [-0.15, -0.1) is 0 Å². The van der Waals surface area contributed by atoms with Gasteiger partial charge < -0.3 is 0 Å². The highest BCUT2D eigenvalue weighted by Crippen LogP contribution is 2.03. The van der Waals surface area contributed by atoms with Gasteiger partial charge in [0.05, 0.1) is 5.69 Å². The van der Waals surface area contributed by atoms with E-state index in [1.165, 1.54) is 12.1 Å². The Hall–Kier alpha value is -2.27. The van der Waals surface area contributed by atoms with Crippen molar-refractivity contribution in [2.75, 3.05) is 5.43 Å². The van der Waals surface area contributed by atoms with Crippen LogP contribution in [0.15, 0.2) is 59.6 Å². The quantitative estimate of drug-likeness (QED) is 0.512. The summed E-state index contributed by atoms with van der Waals surface area (Å²) >= 11 is 5.03. The summed E-state index contributed by atoms with van der Waals surface area (Å²) in [5.74, 6) is -0.274. The van der Waals surface area contributed by atoms with Crippen molar-refractivity contribution in [2.45, 2.75) is 0 Å². The second kappa shape index (κ2) is 6.61. The van der Waals surface area contributed by atoms with Gasteiger partial charge in [-0.2, -0.15) is 0 Å². The van der Waals surface area contributed by atoms with Crippen LogP contribution < -0.4 is 10.9 Å². The molecule has 0 heterocycles. The van der Waals surface area contributed by atoms with Gasteiger partial charge in [0, 0.05) is 6.21 Å². The first-order chi connectivity index (χ1) is 9.24. The first-order valence-electron chi connectivity index (χ1n) is 5.65. The van der Waals surface area contributed by atoms with E-state index in [0.717, 1.165) is 11.3 Å². The molecule has 0 atom stereocenters. The molecule has 2 rings (SSSR count). The fourth-order valence-electron chi connectivity index (χ4n) is 1.36. The Morgan fingerprint density at radius 3 is 2.42 bits per heavy atom. The summed E-state index contributed by atoms with van der Waals surface area (Å²) in [6.07, 6.45) is 1.57. The van der Waals surface area contributed by atoms with Crippen molar-refractivity contribution in [3.8, 4) is 0 Å². The van der Waals surface area contributed by atoms with Gasteiger partial charge in [-0.1, -0.05) is 30.3 Å². The lowest BCUT2D eigenvalue weighted by atomic mass is 10.2. The van der Waals surface area contributed by atoms with Gasteiger partial charge in [-0.3, -0.25) is 10.9 Å². The molecular weight excluding hydrogens is 261 g/mol. The largest absolute Gasteiger partial charge is 0.299 e. The van der Waals surface area contributed by atoms with Crippen molar-refractivity contribution in [1.29, 1.82) is 0 Å². The number of halogens is 1. The van der Waals surface area contributed by atoms with Crippen molar-refractivity contribution < 1.29 is 4.39 Å². The molecule has 2 aromatic rings. The topological polar surface area (TPSA) is 36.4 Å². The van der Waals surface area contributed by atoms with Gasteiger partial charge in [-0.25, -0.2) is 9.38 Å². The van der Waals surface area contributed by atoms with Gasteiger partial charge in [0.25, 0.3) is 0 Å². The van der Waals surface area contributed by atoms with Crippen molar-refractivity contribution in [3.05, 3.63) is 66.0 Å². The average molecular weight is 273 g/mol. The Morgan fingerprint density at radius 1 is 1.05 bits per heavy atom. The second-order valence-corrected chi connectivity index (χ2v) is 4.12. The van der Waals surface area contributed by atoms with E-state index in [2.05, 4.69) is 15.8 Å². The minimum atomic E-state index is -0.274. The molecule has 0 bridgehead atoms. The molecule has 2 aromatic carbocycles. The molecule has 0 aromatic heterocycles. The molecule has 2 N–H and O–H groups in total. The third kappa shape index (κ3) is 4.48. The van der Waals surface area contributed by atoms with Crippen LogP contribution in [0.5, 0.6) is 0 Å². The van der Waals surface area contributed by atoms with Crippen molar-refractivity contribution >= 4 is 29.2 Å². The maximum atomic E-state index is 12.7. The van der Waals surface area contributed by atoms with Crippen LogP contribution in [0.3, 0.4) is 0 Å². The number of benzene rings is 2. The molecule has 96 valence electrons. The molecule has 19 heavy (non-hydrogen) atoms. The predicted molar refractivity (Wildman–Crippen MR) is 79.8 cm³/mol. The van der Waals surface area contributed by atoms with E-state index >= 15 is 0 Å². The van der Waals surface area contributed by atoms with Crippen LogP contribution in [0.25, 0.3) is 0 Å². The number of para-hydroxylation sites is 1. The SMILES string of the molecule is Fc1ccc(/C=N/C(=S)NNc2ccccc2)cc1. The summed E-state index contributed by atoms with van der Waals surface area (Å²) in [6, 6.07) is 15.6. The molecular formula is C14H12FN3S. The number of aliphatic imine (C=N–C) groups is 1. The number of thiocarbonyl (C=S) groups is 1. The summed E-state index contributed by atoms with van der Waals surface area (Å²) in [7, 11) is 0. The first kappa shape index (κ1) is 13.2. The molecule has 0 unspecified atom stereocenters. The predicted octanol–water partition coefficient (Wildman–Crippen LogP) is 3.15. The molecule has 0 aliphatic heterocycles. The minimum Gasteiger partial charge on any atom is -0.299 e. The first-order valence-corrected chi connectivity index (χ1v) is 6.05. The van der Waals surface area contributed by atoms with Gasteiger partial charge in [-0.05, 0) is 42.0 Å². The standard InChI is InChI=1S/C14H12FN3S/c15-12-8-6-11(7-9-12)10-16-14(19)18-17-13-4-2-1-3-5-13/h1-10,17H,(H,18,19)/b16-10+. The van der Waals surface area contributed by atoms with E-state index in [1.807, 2.05) is 30.3 Å². The number of hydrogen-bond donors (Lipinski definition) is 2. The van der Waals surface area contributed by atoms with E-state index in [-0.39, 0.29) is 5.82 Å². The molecule has 0 fully saturated rings. The third-order valence-electron chi connectivity index (χ3n) is 2.29. The number of nitrogens with one attached hydrogen (secondary N) is 2. The third-order valence-corrected chi connectivity index (χ3v) is 2.50. The number of rotatable bonds is 3. The minimum absolute atomic E-state index is 0.274. The molecule has 0 radical (unpaired) electrons. The van der Waals surface area contributed by atoms with Gasteiger partial charge in [0.15, 0.2) is 0 Å². The van der Waals surface area contributed by atoms with Crippen LogP contribution in [0.1, 0.15) is 5.56 Å². The van der Waals surface area contributed by atoms with Crippen LogP contribution in [0.2, 0.25) is 0 Å². The summed E-state index contributed by atoms with van der Waals surface area (Å²) < 4.78 is 12.7. The molecule has 0 saturated carbocycles. The number of hydrogen-bond acceptors (Lipinski definition) is 2. The Morgan fingerprint density at radius 2 is 1.74 bits per heavy atom. The molecule has 3 nitrogen and oxygen atoms in total. The molecule has 5 heteroatoms. The number of anilines is 1. The molecule has 0 saturated heterocycles. The maximum absolute atomic E-state index is 12.7. The lowest BCUT2D eigenvalue weighted by Crippen LogP contribution is -2.26. The summed E-state index contributed by atoms with van der Waals surface area (Å²) in [6.45, 7) is 0. The van der Waals surface area contributed by atoms with Gasteiger partial charge in [0.1, 0.15) is 5.82 Å². The highest BCUT2D eigenvalue weighted by molar-refractivity contribution is 7.80. The van der Waals surface area contributed by atoms with E-state index in [0.29, 0.717) is 5.11 Å². The summed E-state index contributed by atoms with van der Waals surface area (Å²) in [4.78, 5) is 4.05. The normalized spacial score (nSPS) is 10.4. The van der Waals surface area contributed by atoms with Crippen LogP contribution in [0.4, 0.5) is 10.1 Å². The lowest BCUT2D eigenvalue weighted by molar-refractivity contribution is 0.628. The maximum Gasteiger partial charge on any atom is 0.211 e. The molecule has 0 spiro atoms. The van der Waals surface area contributed by atoms with E-state index in [4.69, 9.17) is 12.2 Å². The average Bonchev–Trinajstić information content (AvgIpc) is 2.45. The van der Waals surface area contributed by atoms with Gasteiger partial charge >= 0.3 is 0 Å². The summed E-state index contributed by atoms with van der Waals surface area (Å²) in [5.41, 5.74) is 7.39. The smallest absolute Gasteiger partial charge is 0.211 e. The van der Waals surface area contributed by atoms with Crippen molar-refractivity contribution in [3.63, 3.8) is 0 Å². The Bertz CT molecular complexity index is 567. The Balaban J connectivity index is 1.86. The van der Waals surface area contributed by atoms with Crippen LogP contribution >= 0.6 is 12.2 Å². The van der Waals surface area contributed by atoms with Crippen molar-refractivity contribution in [1.82, 2.24) is 5.43 Å². The number of nitrogens with zero attached hydrogens (tertiary/aromatic N) is 1. The lowest BCUT2D eigenvalue weighted by Gasteiger charge is -2.06. The molecule has 0 aliphatic carbocycles. The summed E-state index contributed by atoms with van der Waals surface area (Å²) in [5, 5.41) is 0.299. The zero-order valence-corrected chi connectivity index (χ0v) is 10.8. The Labute approximate surface area is 116 Å². The molecule has 0 aliphatic rings. The van der Waals surface area contributed by atoms with Crippen LogP contribution in [-0.2, 0) is 0 Å². The van der Waals surface area contributed by atoms with E-state index < -0.39 is 0 Å². The van der Waals surface area contributed by atoms with E-state index in [1.54, 1.807) is 18.3 Å². The van der Waals surface area contributed by atoms with Crippen molar-refractivity contribution in [2.24, 2.45) is 4.99 Å². The Kier molecular flexibility index (Phi) is 4.58. The fraction of sp³-hybridized carbons (Fsp3) is 0. The highest BCUT2D eigenvalue weighted by atomic mass is 32.1. The zero-order chi connectivity index (χ0) is 13.5. The molecule has 0 amide bonds. The van der Waals surface area contributed by atoms with Gasteiger partial charge in [0.2, 0.25) is 5.11 Å². The van der Waals surface area contributed by atoms with Crippen LogP contribution in [0, 0.1) is 5.82 Å². The monoisotopic (exact) mass is 273 g/mol. The number of hydrazine groups is 1. The second-order valence-electron chi connectivity index (χ2n) is 3.73. The van der Waals surface area contributed by atoms with Crippen LogP contribution in [-0.4, -0.2) is 11.3 Å². The van der Waals surface area contributed by atoms with E-state index in [9.17, 15) is 4.39 Å². The zero-order valence-electron chi connectivity index (χ0n) is 10.0. The fourth-order valence-corrected chi connectivity index (χ4v) is 1.47. The highest BCUT2D eigenvalue weighted by Gasteiger charge is 1.93.